The quantitative estimate of drug-likeness (QED) is 0.537. The number of hydrogen-bond donors (Lipinski definition) is 1. The number of hydrogen-bond acceptors (Lipinski definition) is 2. The Kier molecular flexibility index (Phi) is 1.71. The van der Waals surface area contributed by atoms with Crippen LogP contribution >= 0.6 is 11.8 Å². The van der Waals surface area contributed by atoms with Crippen molar-refractivity contribution >= 4 is 33.6 Å². The summed E-state index contributed by atoms with van der Waals surface area (Å²) in [6.45, 7) is 0. The highest BCUT2D eigenvalue weighted by Crippen LogP contribution is 2.28. The molecule has 3 heteroatoms. The van der Waals surface area contributed by atoms with Gasteiger partial charge in [0, 0.05) is 10.8 Å². The van der Waals surface area contributed by atoms with Gasteiger partial charge in [0.15, 0.2) is 0 Å². The lowest BCUT2D eigenvalue weighted by Gasteiger charge is -2.07. The molecule has 0 aliphatic rings. The first-order valence-electron chi connectivity index (χ1n) is 3.57. The van der Waals surface area contributed by atoms with Crippen molar-refractivity contribution in [1.82, 2.24) is 4.98 Å². The molecule has 0 aliphatic carbocycles. The van der Waals surface area contributed by atoms with Gasteiger partial charge in [-0.05, 0) is 17.8 Å². The molecule has 0 atom stereocenters. The number of nitrogens with zero attached hydrogens (tertiary/aromatic N) is 1. The lowest BCUT2D eigenvalue weighted by molar-refractivity contribution is 1.47. The van der Waals surface area contributed by atoms with Crippen molar-refractivity contribution in [2.75, 3.05) is 0 Å². The summed E-state index contributed by atoms with van der Waals surface area (Å²) in [5.74, 6) is 0. The van der Waals surface area contributed by atoms with E-state index in [0.717, 1.165) is 5.52 Å². The summed E-state index contributed by atoms with van der Waals surface area (Å²) in [5, 5.41) is 6.55. The number of aromatic nitrogens is 1. The maximum Gasteiger partial charge on any atom is 0.0803 e. The zero-order valence-electron chi connectivity index (χ0n) is 6.29. The third-order valence-electron chi connectivity index (χ3n) is 2.00. The van der Waals surface area contributed by atoms with E-state index in [9.17, 15) is 0 Å². The molecule has 60 valence electrons. The first-order chi connectivity index (χ1) is 5.95. The number of pyridine rings is 1. The van der Waals surface area contributed by atoms with Gasteiger partial charge in [0.05, 0.1) is 11.0 Å². The maximum absolute atomic E-state index is 4.30. The van der Waals surface area contributed by atoms with E-state index in [4.69, 9.17) is 0 Å². The Morgan fingerprint density at radius 3 is 2.50 bits per heavy atom. The normalized spacial score (nSPS) is 10.5. The van der Waals surface area contributed by atoms with Crippen LogP contribution in [0.25, 0.3) is 21.8 Å². The van der Waals surface area contributed by atoms with Gasteiger partial charge in [0.1, 0.15) is 0 Å². The standard InChI is InChI=1S/C9H5N.ClH2N/c1-2-6-4-5-8-7(3-1)9(6)10-8;1-2/h1-5H;2H2. The Bertz CT molecular complexity index is 425. The Balaban J connectivity index is 0.000000264. The third kappa shape index (κ3) is 0.823. The van der Waals surface area contributed by atoms with E-state index in [1.165, 1.54) is 16.3 Å². The van der Waals surface area contributed by atoms with Crippen molar-refractivity contribution in [3.63, 3.8) is 0 Å². The molecule has 0 unspecified atom stereocenters. The highest BCUT2D eigenvalue weighted by Gasteiger charge is 2.07. The molecule has 2 nitrogen and oxygen atoms in total. The van der Waals surface area contributed by atoms with Gasteiger partial charge in [-0.25, -0.2) is 10.2 Å². The third-order valence-corrected chi connectivity index (χ3v) is 2.00. The molecule has 2 aromatic carbocycles. The molecular weight excluding hydrogens is 172 g/mol. The van der Waals surface area contributed by atoms with E-state index < -0.39 is 0 Å². The topological polar surface area (TPSA) is 38.9 Å². The van der Waals surface area contributed by atoms with E-state index in [-0.39, 0.29) is 0 Å². The highest BCUT2D eigenvalue weighted by molar-refractivity contribution is 6.11. The fourth-order valence-electron chi connectivity index (χ4n) is 1.45. The Morgan fingerprint density at radius 1 is 1.08 bits per heavy atom. The van der Waals surface area contributed by atoms with Crippen LogP contribution < -0.4 is 5.25 Å². The van der Waals surface area contributed by atoms with Gasteiger partial charge in [0.2, 0.25) is 0 Å². The van der Waals surface area contributed by atoms with Crippen LogP contribution in [-0.2, 0) is 0 Å². The van der Waals surface area contributed by atoms with Gasteiger partial charge >= 0.3 is 0 Å². The number of halogens is 1. The Hall–Kier alpha value is -1.12. The highest BCUT2D eigenvalue weighted by atomic mass is 35.5. The van der Waals surface area contributed by atoms with Crippen molar-refractivity contribution in [2.45, 2.75) is 0 Å². The van der Waals surface area contributed by atoms with Gasteiger partial charge in [-0.1, -0.05) is 24.3 Å². The molecule has 0 saturated heterocycles. The summed E-state index contributed by atoms with van der Waals surface area (Å²) in [7, 11) is 0. The SMILES string of the molecule is NCl.c1cc2ccc3c(c1)c2N=3. The second kappa shape index (κ2) is 2.73. The molecule has 0 saturated carbocycles. The van der Waals surface area contributed by atoms with Crippen LogP contribution in [0, 0.1) is 0 Å². The molecule has 4 aromatic rings. The van der Waals surface area contributed by atoms with Crippen LogP contribution in [0.3, 0.4) is 0 Å². The van der Waals surface area contributed by atoms with Crippen LogP contribution in [-0.4, -0.2) is 4.98 Å². The average molecular weight is 179 g/mol. The molecule has 0 spiro atoms. The van der Waals surface area contributed by atoms with Crippen LogP contribution in [0.4, 0.5) is 0 Å². The molecule has 2 heterocycles. The van der Waals surface area contributed by atoms with E-state index in [2.05, 4.69) is 52.3 Å². The largest absolute Gasteiger partial charge is 0.247 e. The molecular formula is C9H7ClN2. The smallest absolute Gasteiger partial charge is 0.0803 e. The fraction of sp³-hybridized carbons (Fsp3) is 0. The summed E-state index contributed by atoms with van der Waals surface area (Å²) >= 11 is 4.14. The van der Waals surface area contributed by atoms with Crippen LogP contribution in [0.1, 0.15) is 0 Å². The molecule has 4 bridgehead atoms. The minimum absolute atomic E-state index is 1.14. The van der Waals surface area contributed by atoms with E-state index in [0.29, 0.717) is 0 Å². The first kappa shape index (κ1) is 7.53. The van der Waals surface area contributed by atoms with Gasteiger partial charge < -0.3 is 0 Å². The second-order valence-electron chi connectivity index (χ2n) is 2.57. The van der Waals surface area contributed by atoms with E-state index >= 15 is 0 Å². The molecule has 2 N–H and O–H groups in total. The zero-order chi connectivity index (χ0) is 8.55. The van der Waals surface area contributed by atoms with Crippen molar-refractivity contribution in [3.05, 3.63) is 30.3 Å². The first-order valence-corrected chi connectivity index (χ1v) is 4.01. The predicted molar refractivity (Wildman–Crippen MR) is 51.7 cm³/mol. The van der Waals surface area contributed by atoms with Crippen LogP contribution in [0.2, 0.25) is 0 Å². The minimum atomic E-state index is 1.14. The molecule has 2 aromatic heterocycles. The maximum atomic E-state index is 4.30. The molecule has 12 heavy (non-hydrogen) atoms. The Labute approximate surface area is 74.7 Å². The summed E-state index contributed by atoms with van der Waals surface area (Å²) in [4.78, 5) is 4.30. The van der Waals surface area contributed by atoms with Crippen LogP contribution in [0.5, 0.6) is 0 Å². The second-order valence-corrected chi connectivity index (χ2v) is 2.57. The van der Waals surface area contributed by atoms with E-state index in [1.807, 2.05) is 0 Å². The van der Waals surface area contributed by atoms with Crippen molar-refractivity contribution in [3.8, 4) is 0 Å². The van der Waals surface area contributed by atoms with E-state index in [1.54, 1.807) is 0 Å². The fourth-order valence-corrected chi connectivity index (χ4v) is 1.45. The predicted octanol–water partition coefficient (Wildman–Crippen LogP) is 2.36. The molecule has 4 rings (SSSR count). The van der Waals surface area contributed by atoms with Gasteiger partial charge in [0.25, 0.3) is 0 Å². The summed E-state index contributed by atoms with van der Waals surface area (Å²) in [5.41, 5.74) is 2.32. The molecule has 0 amide bonds. The monoisotopic (exact) mass is 178 g/mol. The van der Waals surface area contributed by atoms with Crippen LogP contribution in [0.15, 0.2) is 30.3 Å². The lowest BCUT2D eigenvalue weighted by Crippen LogP contribution is -1.89. The van der Waals surface area contributed by atoms with Crippen molar-refractivity contribution in [2.24, 2.45) is 5.25 Å². The molecule has 0 radical (unpaired) electrons. The van der Waals surface area contributed by atoms with Crippen molar-refractivity contribution < 1.29 is 0 Å². The van der Waals surface area contributed by atoms with Gasteiger partial charge in [-0.3, -0.25) is 0 Å². The summed E-state index contributed by atoms with van der Waals surface area (Å²) in [6.07, 6.45) is 0. The number of benzene rings is 2. The minimum Gasteiger partial charge on any atom is -0.247 e. The van der Waals surface area contributed by atoms with Gasteiger partial charge in [-0.2, -0.15) is 0 Å². The number of rotatable bonds is 0. The zero-order valence-corrected chi connectivity index (χ0v) is 7.05. The number of nitrogens with two attached hydrogens (primary N) is 1. The van der Waals surface area contributed by atoms with Crippen molar-refractivity contribution in [1.29, 1.82) is 0 Å². The number of fused-ring (bicyclic) bond motifs is 1. The molecule has 0 aliphatic heterocycles. The lowest BCUT2D eigenvalue weighted by atomic mass is 10.1. The Morgan fingerprint density at radius 2 is 1.92 bits per heavy atom. The summed E-state index contributed by atoms with van der Waals surface area (Å²) < 4.78 is 0. The number of para-hydroxylation sites is 1. The molecule has 0 fully saturated rings. The average Bonchev–Trinajstić information content (AvgIpc) is 2.14. The van der Waals surface area contributed by atoms with Gasteiger partial charge in [-0.15, -0.1) is 0 Å². The summed E-state index contributed by atoms with van der Waals surface area (Å²) in [6, 6.07) is 10.5.